The molecule has 1 heterocycles. The lowest BCUT2D eigenvalue weighted by atomic mass is 10.1. The molecule has 0 aromatic heterocycles. The Morgan fingerprint density at radius 1 is 0.690 bits per heavy atom. The van der Waals surface area contributed by atoms with Crippen molar-refractivity contribution in [2.45, 2.75) is 20.0 Å². The van der Waals surface area contributed by atoms with Crippen LogP contribution >= 0.6 is 0 Å². The summed E-state index contributed by atoms with van der Waals surface area (Å²) >= 11 is 0. The predicted octanol–water partition coefficient (Wildman–Crippen LogP) is 5.35. The monoisotopic (exact) mass is 388 g/mol. The summed E-state index contributed by atoms with van der Waals surface area (Å²) < 4.78 is 11.4. The average Bonchev–Trinajstić information content (AvgIpc) is 3.19. The van der Waals surface area contributed by atoms with Crippen molar-refractivity contribution in [1.29, 1.82) is 0 Å². The maximum atomic E-state index is 5.81. The number of aryl methyl sites for hydroxylation is 2. The molecule has 0 aliphatic carbocycles. The van der Waals surface area contributed by atoms with Gasteiger partial charge in [-0.15, -0.1) is 0 Å². The van der Waals surface area contributed by atoms with Gasteiger partial charge in [-0.1, -0.05) is 47.5 Å². The highest BCUT2D eigenvalue weighted by Crippen LogP contribution is 2.44. The van der Waals surface area contributed by atoms with Crippen molar-refractivity contribution in [2.75, 3.05) is 37.1 Å². The molecule has 0 unspecified atom stereocenters. The van der Waals surface area contributed by atoms with E-state index in [9.17, 15) is 0 Å². The first-order chi connectivity index (χ1) is 14.1. The van der Waals surface area contributed by atoms with Crippen LogP contribution in [-0.2, 0) is 0 Å². The highest BCUT2D eigenvalue weighted by atomic mass is 16.5. The van der Waals surface area contributed by atoms with E-state index in [0.29, 0.717) is 0 Å². The number of methoxy groups -OCH3 is 2. The van der Waals surface area contributed by atoms with Gasteiger partial charge in [-0.3, -0.25) is 0 Å². The van der Waals surface area contributed by atoms with Gasteiger partial charge >= 0.3 is 0 Å². The quantitative estimate of drug-likeness (QED) is 0.588. The zero-order valence-electron chi connectivity index (χ0n) is 17.6. The Morgan fingerprint density at radius 2 is 1.21 bits per heavy atom. The van der Waals surface area contributed by atoms with Crippen molar-refractivity contribution < 1.29 is 9.47 Å². The van der Waals surface area contributed by atoms with Gasteiger partial charge < -0.3 is 19.3 Å². The van der Waals surface area contributed by atoms with Crippen LogP contribution in [0.4, 0.5) is 11.4 Å². The molecule has 0 N–H and O–H groups in total. The zero-order chi connectivity index (χ0) is 20.4. The normalized spacial score (nSPS) is 14.3. The lowest BCUT2D eigenvalue weighted by Crippen LogP contribution is -2.31. The topological polar surface area (TPSA) is 24.9 Å². The average molecular weight is 389 g/mol. The number of anilines is 2. The van der Waals surface area contributed by atoms with Crippen molar-refractivity contribution in [3.8, 4) is 11.5 Å². The van der Waals surface area contributed by atoms with E-state index in [1.807, 2.05) is 12.1 Å². The molecule has 0 spiro atoms. The lowest BCUT2D eigenvalue weighted by Gasteiger charge is -2.34. The zero-order valence-corrected chi connectivity index (χ0v) is 17.6. The first-order valence-corrected chi connectivity index (χ1v) is 10.00. The third-order valence-electron chi connectivity index (χ3n) is 5.62. The van der Waals surface area contributed by atoms with Crippen molar-refractivity contribution in [3.05, 3.63) is 83.4 Å². The first kappa shape index (κ1) is 19.2. The van der Waals surface area contributed by atoms with Crippen molar-refractivity contribution in [3.63, 3.8) is 0 Å². The number of hydrogen-bond acceptors (Lipinski definition) is 4. The van der Waals surface area contributed by atoms with Gasteiger partial charge in [0, 0.05) is 30.0 Å². The van der Waals surface area contributed by atoms with Crippen LogP contribution in [0.5, 0.6) is 11.5 Å². The minimum atomic E-state index is 0.0189. The molecule has 1 saturated heterocycles. The van der Waals surface area contributed by atoms with E-state index >= 15 is 0 Å². The number of para-hydroxylation sites is 1. The third kappa shape index (κ3) is 3.63. The molecule has 0 bridgehead atoms. The molecule has 4 heteroatoms. The standard InChI is InChI=1S/C25H28N2O2/c1-18-8-12-20(13-9-18)26-16-17-27(21-14-10-19(2)11-15-21)25(26)22-6-5-7-23(28-3)24(22)29-4/h5-15,25H,16-17H2,1-4H3. The molecular weight excluding hydrogens is 360 g/mol. The molecule has 3 aromatic rings. The molecular formula is C25H28N2O2. The first-order valence-electron chi connectivity index (χ1n) is 10.00. The van der Waals surface area contributed by atoms with Gasteiger partial charge in [0.2, 0.25) is 0 Å². The van der Waals surface area contributed by atoms with Crippen molar-refractivity contribution in [2.24, 2.45) is 0 Å². The predicted molar refractivity (Wildman–Crippen MR) is 119 cm³/mol. The Labute approximate surface area is 173 Å². The van der Waals surface area contributed by atoms with Crippen LogP contribution in [0.1, 0.15) is 22.9 Å². The summed E-state index contributed by atoms with van der Waals surface area (Å²) in [6.07, 6.45) is 0.0189. The molecule has 0 atom stereocenters. The van der Waals surface area contributed by atoms with E-state index in [1.54, 1.807) is 14.2 Å². The third-order valence-corrected chi connectivity index (χ3v) is 5.62. The molecule has 0 radical (unpaired) electrons. The smallest absolute Gasteiger partial charge is 0.167 e. The highest BCUT2D eigenvalue weighted by Gasteiger charge is 2.36. The van der Waals surface area contributed by atoms with Gasteiger partial charge in [-0.05, 0) is 44.2 Å². The largest absolute Gasteiger partial charge is 0.493 e. The summed E-state index contributed by atoms with van der Waals surface area (Å²) in [6.45, 7) is 6.10. The van der Waals surface area contributed by atoms with Crippen LogP contribution in [0.25, 0.3) is 0 Å². The molecule has 3 aromatic carbocycles. The Hall–Kier alpha value is -3.14. The van der Waals surface area contributed by atoms with E-state index in [4.69, 9.17) is 9.47 Å². The summed E-state index contributed by atoms with van der Waals surface area (Å²) in [5, 5.41) is 0. The Kier molecular flexibility index (Phi) is 5.34. The van der Waals surface area contributed by atoms with E-state index in [0.717, 1.165) is 30.2 Å². The second-order valence-electron chi connectivity index (χ2n) is 7.51. The molecule has 29 heavy (non-hydrogen) atoms. The van der Waals surface area contributed by atoms with Crippen molar-refractivity contribution >= 4 is 11.4 Å². The van der Waals surface area contributed by atoms with E-state index in [1.165, 1.54) is 22.5 Å². The fraction of sp³-hybridized carbons (Fsp3) is 0.280. The minimum absolute atomic E-state index is 0.0189. The number of rotatable bonds is 5. The summed E-state index contributed by atoms with van der Waals surface area (Å²) in [7, 11) is 3.40. The number of benzene rings is 3. The molecule has 0 amide bonds. The molecule has 4 nitrogen and oxygen atoms in total. The maximum absolute atomic E-state index is 5.81. The Bertz CT molecular complexity index is 914. The molecule has 1 fully saturated rings. The molecule has 150 valence electrons. The molecule has 4 rings (SSSR count). The van der Waals surface area contributed by atoms with E-state index in [2.05, 4.69) is 78.2 Å². The van der Waals surface area contributed by atoms with Crippen LogP contribution in [0.15, 0.2) is 66.7 Å². The van der Waals surface area contributed by atoms with Crippen LogP contribution in [-0.4, -0.2) is 27.3 Å². The van der Waals surface area contributed by atoms with Gasteiger partial charge in [0.1, 0.15) is 6.17 Å². The van der Waals surface area contributed by atoms with Gasteiger partial charge in [-0.25, -0.2) is 0 Å². The van der Waals surface area contributed by atoms with E-state index < -0.39 is 0 Å². The van der Waals surface area contributed by atoms with Gasteiger partial charge in [0.05, 0.1) is 14.2 Å². The number of hydrogen-bond donors (Lipinski definition) is 0. The van der Waals surface area contributed by atoms with Crippen LogP contribution < -0.4 is 19.3 Å². The second-order valence-corrected chi connectivity index (χ2v) is 7.51. The van der Waals surface area contributed by atoms with Crippen molar-refractivity contribution in [1.82, 2.24) is 0 Å². The van der Waals surface area contributed by atoms with Crippen LogP contribution in [0.2, 0.25) is 0 Å². The van der Waals surface area contributed by atoms with E-state index in [-0.39, 0.29) is 6.17 Å². The maximum Gasteiger partial charge on any atom is 0.167 e. The summed E-state index contributed by atoms with van der Waals surface area (Å²) in [5.41, 5.74) is 6.04. The minimum Gasteiger partial charge on any atom is -0.493 e. The van der Waals surface area contributed by atoms with Gasteiger partial charge in [-0.2, -0.15) is 0 Å². The van der Waals surface area contributed by atoms with Crippen LogP contribution in [0, 0.1) is 13.8 Å². The van der Waals surface area contributed by atoms with Gasteiger partial charge in [0.25, 0.3) is 0 Å². The SMILES string of the molecule is COc1cccc(C2N(c3ccc(C)cc3)CCN2c2ccc(C)cc2)c1OC. The van der Waals surface area contributed by atoms with Gasteiger partial charge in [0.15, 0.2) is 11.5 Å². The second kappa shape index (κ2) is 8.08. The lowest BCUT2D eigenvalue weighted by molar-refractivity contribution is 0.349. The fourth-order valence-corrected chi connectivity index (χ4v) is 4.09. The summed E-state index contributed by atoms with van der Waals surface area (Å²) in [5.74, 6) is 1.54. The Morgan fingerprint density at radius 3 is 1.66 bits per heavy atom. The number of ether oxygens (including phenoxy) is 2. The molecule has 1 aliphatic rings. The summed E-state index contributed by atoms with van der Waals surface area (Å²) in [6, 6.07) is 23.6. The van der Waals surface area contributed by atoms with Crippen LogP contribution in [0.3, 0.4) is 0 Å². The highest BCUT2D eigenvalue weighted by molar-refractivity contribution is 5.62. The summed E-state index contributed by atoms with van der Waals surface area (Å²) in [4.78, 5) is 4.88. The Balaban J connectivity index is 1.84. The fourth-order valence-electron chi connectivity index (χ4n) is 4.09. The molecule has 0 saturated carbocycles. The molecule has 1 aliphatic heterocycles. The number of nitrogens with zero attached hydrogens (tertiary/aromatic N) is 2.